The highest BCUT2D eigenvalue weighted by Crippen LogP contribution is 2.30. The number of carbonyl (C=O) groups excluding carboxylic acids is 5. The fraction of sp³-hybridized carbons (Fsp3) is 0.750. The summed E-state index contributed by atoms with van der Waals surface area (Å²) in [5.41, 5.74) is 6.58. The number of esters is 1. The molecule has 1 fully saturated rings. The number of methoxy groups -OCH3 is 3. The van der Waals surface area contributed by atoms with Gasteiger partial charge in [0.25, 0.3) is 0 Å². The van der Waals surface area contributed by atoms with Gasteiger partial charge >= 0.3 is 5.97 Å². The lowest BCUT2D eigenvalue weighted by Crippen LogP contribution is -2.60. The van der Waals surface area contributed by atoms with Gasteiger partial charge in [-0.15, -0.1) is 0 Å². The van der Waals surface area contributed by atoms with Crippen molar-refractivity contribution in [2.24, 2.45) is 29.4 Å². The molecule has 58 heavy (non-hydrogen) atoms. The first kappa shape index (κ1) is 50.6. The van der Waals surface area contributed by atoms with E-state index in [0.29, 0.717) is 26.1 Å². The van der Waals surface area contributed by atoms with Gasteiger partial charge in [0.2, 0.25) is 23.6 Å². The van der Waals surface area contributed by atoms with Crippen molar-refractivity contribution in [3.05, 3.63) is 35.9 Å². The van der Waals surface area contributed by atoms with Crippen LogP contribution in [-0.2, 0) is 44.6 Å². The van der Waals surface area contributed by atoms with Gasteiger partial charge < -0.3 is 40.4 Å². The summed E-state index contributed by atoms with van der Waals surface area (Å²) in [6.07, 6.45) is 2.78. The Labute approximate surface area is 348 Å². The molecule has 14 heteroatoms. The molecule has 1 aromatic rings. The number of ether oxygens (including phenoxy) is 3. The van der Waals surface area contributed by atoms with Crippen molar-refractivity contribution < 1.29 is 38.2 Å². The van der Waals surface area contributed by atoms with Gasteiger partial charge in [0.1, 0.15) is 12.1 Å². The fourth-order valence-electron chi connectivity index (χ4n) is 8.42. The van der Waals surface area contributed by atoms with Crippen LogP contribution in [0.2, 0.25) is 0 Å². The second kappa shape index (κ2) is 25.1. The molecule has 0 saturated carbocycles. The predicted octanol–water partition coefficient (Wildman–Crippen LogP) is 3.64. The topological polar surface area (TPSA) is 173 Å². The summed E-state index contributed by atoms with van der Waals surface area (Å²) in [6.45, 7) is 15.5. The Balaban J connectivity index is 2.28. The Hall–Kier alpha value is -3.59. The standard InChI is InChI=1S/C44H76N6O8/c1-13-30(6)39(49(9)43(54)37(28(2)3)47-42(53)38(29(4)5)48(8)24-18-17-23-45)35(56-10)27-36(51)50-25-19-22-34(50)40(57-11)31(7)41(52)46-33(44(55)58-12)26-32-20-15-14-16-21-32/h14-16,20-21,28-31,33-35,37-40H,13,17-19,22-27,45H2,1-12H3,(H,46,52)(H,47,53)/t30-,31+,33-,34-,35+,37-,38-,39-,40+/m0/s1. The van der Waals surface area contributed by atoms with Crippen LogP contribution in [0, 0.1) is 23.7 Å². The number of rotatable bonds is 25. The minimum atomic E-state index is -0.895. The number of nitrogens with zero attached hydrogens (tertiary/aromatic N) is 3. The third-order valence-electron chi connectivity index (χ3n) is 11.9. The van der Waals surface area contributed by atoms with Crippen LogP contribution in [0.5, 0.6) is 0 Å². The molecule has 1 aliphatic rings. The lowest BCUT2D eigenvalue weighted by atomic mass is 9.89. The molecule has 4 amide bonds. The van der Waals surface area contributed by atoms with E-state index < -0.39 is 54.3 Å². The van der Waals surface area contributed by atoms with E-state index in [9.17, 15) is 24.0 Å². The van der Waals surface area contributed by atoms with Crippen LogP contribution < -0.4 is 16.4 Å². The molecule has 1 aliphatic heterocycles. The molecule has 0 aromatic heterocycles. The van der Waals surface area contributed by atoms with Gasteiger partial charge in [-0.1, -0.05) is 85.2 Å². The minimum Gasteiger partial charge on any atom is -0.467 e. The number of amides is 4. The maximum Gasteiger partial charge on any atom is 0.328 e. The zero-order valence-corrected chi connectivity index (χ0v) is 37.5. The number of likely N-dealkylation sites (tertiary alicyclic amines) is 1. The molecule has 2 rings (SSSR count). The molecule has 0 aliphatic carbocycles. The number of hydrogen-bond acceptors (Lipinski definition) is 10. The summed E-state index contributed by atoms with van der Waals surface area (Å²) in [7, 11) is 8.04. The Morgan fingerprint density at radius 2 is 1.55 bits per heavy atom. The lowest BCUT2D eigenvalue weighted by Gasteiger charge is -2.41. The number of carbonyl (C=O) groups is 5. The van der Waals surface area contributed by atoms with Gasteiger partial charge in [-0.25, -0.2) is 4.79 Å². The smallest absolute Gasteiger partial charge is 0.328 e. The highest BCUT2D eigenvalue weighted by molar-refractivity contribution is 5.90. The average molecular weight is 817 g/mol. The van der Waals surface area contributed by atoms with E-state index in [1.807, 2.05) is 83.8 Å². The van der Waals surface area contributed by atoms with Gasteiger partial charge in [-0.3, -0.25) is 24.1 Å². The highest BCUT2D eigenvalue weighted by Gasteiger charge is 2.43. The van der Waals surface area contributed by atoms with E-state index in [4.69, 9.17) is 19.9 Å². The average Bonchev–Trinajstić information content (AvgIpc) is 3.68. The van der Waals surface area contributed by atoms with Crippen LogP contribution in [0.1, 0.15) is 92.6 Å². The molecule has 9 atom stereocenters. The monoisotopic (exact) mass is 817 g/mol. The lowest BCUT2D eigenvalue weighted by molar-refractivity contribution is -0.149. The quantitative estimate of drug-likeness (QED) is 0.0978. The van der Waals surface area contributed by atoms with Crippen molar-refractivity contribution in [3.63, 3.8) is 0 Å². The third-order valence-corrected chi connectivity index (χ3v) is 11.9. The summed E-state index contributed by atoms with van der Waals surface area (Å²) in [6, 6.07) is 6.40. The summed E-state index contributed by atoms with van der Waals surface area (Å²) < 4.78 is 17.0. The molecule has 0 radical (unpaired) electrons. The summed E-state index contributed by atoms with van der Waals surface area (Å²) >= 11 is 0. The Bertz CT molecular complexity index is 1430. The Morgan fingerprint density at radius 1 is 0.897 bits per heavy atom. The Morgan fingerprint density at radius 3 is 2.09 bits per heavy atom. The number of nitrogens with one attached hydrogen (secondary N) is 2. The number of benzene rings is 1. The zero-order chi connectivity index (χ0) is 43.7. The highest BCUT2D eigenvalue weighted by atomic mass is 16.5. The fourth-order valence-corrected chi connectivity index (χ4v) is 8.42. The third kappa shape index (κ3) is 14.0. The molecule has 0 bridgehead atoms. The van der Waals surface area contributed by atoms with Crippen LogP contribution in [0.15, 0.2) is 30.3 Å². The molecule has 1 aromatic carbocycles. The van der Waals surface area contributed by atoms with E-state index >= 15 is 0 Å². The largest absolute Gasteiger partial charge is 0.467 e. The first-order valence-electron chi connectivity index (χ1n) is 21.2. The number of nitrogens with two attached hydrogens (primary N) is 1. The van der Waals surface area contributed by atoms with Crippen molar-refractivity contribution in [3.8, 4) is 0 Å². The van der Waals surface area contributed by atoms with Crippen LogP contribution >= 0.6 is 0 Å². The van der Waals surface area contributed by atoms with Crippen molar-refractivity contribution in [2.45, 2.75) is 136 Å². The summed E-state index contributed by atoms with van der Waals surface area (Å²) in [4.78, 5) is 74.4. The predicted molar refractivity (Wildman–Crippen MR) is 227 cm³/mol. The van der Waals surface area contributed by atoms with E-state index in [2.05, 4.69) is 10.6 Å². The van der Waals surface area contributed by atoms with Crippen LogP contribution in [-0.4, -0.2) is 142 Å². The SMILES string of the molecule is CC[C@H](C)[C@@H]([C@@H](CC(=O)N1CCC[C@H]1[C@H](OC)[C@@H](C)C(=O)N[C@@H](Cc1ccccc1)C(=O)OC)OC)N(C)C(=O)[C@@H](NC(=O)[C@H](C(C)C)N(C)CCCCN)C(C)C. The molecule has 0 spiro atoms. The van der Waals surface area contributed by atoms with Crippen LogP contribution in [0.25, 0.3) is 0 Å². The second-order valence-electron chi connectivity index (χ2n) is 16.8. The van der Waals surface area contributed by atoms with Gasteiger partial charge in [0, 0.05) is 34.2 Å². The normalized spacial score (nSPS) is 18.6. The summed E-state index contributed by atoms with van der Waals surface area (Å²) in [5, 5.41) is 5.96. The van der Waals surface area contributed by atoms with E-state index in [0.717, 1.165) is 31.2 Å². The number of unbranched alkanes of at least 4 members (excludes halogenated alkanes) is 1. The van der Waals surface area contributed by atoms with Crippen molar-refractivity contribution in [1.82, 2.24) is 25.3 Å². The number of hydrogen-bond donors (Lipinski definition) is 3. The molecule has 1 saturated heterocycles. The first-order chi connectivity index (χ1) is 27.5. The molecule has 330 valence electrons. The summed E-state index contributed by atoms with van der Waals surface area (Å²) in [5.74, 6) is -2.47. The maximum absolute atomic E-state index is 14.4. The zero-order valence-electron chi connectivity index (χ0n) is 37.5. The van der Waals surface area contributed by atoms with E-state index in [1.165, 1.54) is 14.2 Å². The van der Waals surface area contributed by atoms with Gasteiger partial charge in [0.15, 0.2) is 0 Å². The molecular formula is C44H76N6O8. The van der Waals surface area contributed by atoms with Crippen molar-refractivity contribution in [1.29, 1.82) is 0 Å². The van der Waals surface area contributed by atoms with Gasteiger partial charge in [0.05, 0.1) is 49.8 Å². The number of likely N-dealkylation sites (N-methyl/N-ethyl adjacent to an activating group) is 2. The van der Waals surface area contributed by atoms with Crippen molar-refractivity contribution >= 4 is 29.6 Å². The van der Waals surface area contributed by atoms with Crippen LogP contribution in [0.3, 0.4) is 0 Å². The second-order valence-corrected chi connectivity index (χ2v) is 16.8. The minimum absolute atomic E-state index is 0.000148. The first-order valence-corrected chi connectivity index (χ1v) is 21.2. The maximum atomic E-state index is 14.4. The van der Waals surface area contributed by atoms with Gasteiger partial charge in [-0.2, -0.15) is 0 Å². The van der Waals surface area contributed by atoms with Gasteiger partial charge in [-0.05, 0) is 69.1 Å². The molecular weight excluding hydrogens is 741 g/mol. The molecule has 0 unspecified atom stereocenters. The molecule has 4 N–H and O–H groups in total. The van der Waals surface area contributed by atoms with E-state index in [-0.39, 0.29) is 54.2 Å². The molecule has 1 heterocycles. The van der Waals surface area contributed by atoms with Crippen LogP contribution in [0.4, 0.5) is 0 Å². The molecule has 14 nitrogen and oxygen atoms in total. The van der Waals surface area contributed by atoms with E-state index in [1.54, 1.807) is 30.9 Å². The van der Waals surface area contributed by atoms with Crippen molar-refractivity contribution in [2.75, 3.05) is 55.1 Å². The Kier molecular flexibility index (Phi) is 21.9.